The third kappa shape index (κ3) is 3.51. The van der Waals surface area contributed by atoms with Gasteiger partial charge in [0, 0.05) is 29.4 Å². The summed E-state index contributed by atoms with van der Waals surface area (Å²) in [4.78, 5) is 1.12. The molecule has 0 aliphatic carbocycles. The van der Waals surface area contributed by atoms with Crippen LogP contribution in [0.15, 0.2) is 22.5 Å². The lowest BCUT2D eigenvalue weighted by molar-refractivity contribution is 0.469. The van der Waals surface area contributed by atoms with Gasteiger partial charge in [-0.3, -0.25) is 5.10 Å². The summed E-state index contributed by atoms with van der Waals surface area (Å²) in [5.74, 6) is 5.70. The summed E-state index contributed by atoms with van der Waals surface area (Å²) in [6, 6.07) is 1.88. The Kier molecular flexibility index (Phi) is 4.80. The number of H-pyrrole nitrogens is 1. The molecule has 2 rings (SSSR count). The van der Waals surface area contributed by atoms with E-state index in [1.807, 2.05) is 11.4 Å². The average molecular weight is 324 g/mol. The quantitative estimate of drug-likeness (QED) is 0.818. The minimum absolute atomic E-state index is 0.199. The van der Waals surface area contributed by atoms with Crippen LogP contribution in [0, 0.1) is 18.8 Å². The molecule has 2 aromatic heterocycles. The highest BCUT2D eigenvalue weighted by atomic mass is 32.2. The molecule has 6 nitrogen and oxygen atoms in total. The van der Waals surface area contributed by atoms with E-state index in [0.29, 0.717) is 18.8 Å². The zero-order valence-corrected chi connectivity index (χ0v) is 13.4. The van der Waals surface area contributed by atoms with Crippen molar-refractivity contribution in [1.29, 1.82) is 0 Å². The predicted octanol–water partition coefficient (Wildman–Crippen LogP) is 0.911. The van der Waals surface area contributed by atoms with E-state index in [4.69, 9.17) is 5.73 Å². The number of aryl methyl sites for hydroxylation is 1. The Balaban J connectivity index is 2.16. The largest absolute Gasteiger partial charge is 0.320 e. The fourth-order valence-corrected chi connectivity index (χ4v) is 3.97. The summed E-state index contributed by atoms with van der Waals surface area (Å²) in [6.45, 7) is 2.28. The highest BCUT2D eigenvalue weighted by Gasteiger charge is 2.24. The monoisotopic (exact) mass is 324 g/mol. The molecule has 2 heterocycles. The predicted molar refractivity (Wildman–Crippen MR) is 82.2 cm³/mol. The summed E-state index contributed by atoms with van der Waals surface area (Å²) < 4.78 is 26.1. The SMILES string of the molecule is Cc1[nH]ncc1S(=O)(=O)N(C)Cc1cc(C#CCN)cs1. The summed E-state index contributed by atoms with van der Waals surface area (Å²) >= 11 is 1.47. The molecule has 0 aromatic carbocycles. The van der Waals surface area contributed by atoms with Gasteiger partial charge in [0.25, 0.3) is 0 Å². The first-order valence-corrected chi connectivity index (χ1v) is 8.49. The molecule has 0 unspecified atom stereocenters. The topological polar surface area (TPSA) is 92.1 Å². The van der Waals surface area contributed by atoms with E-state index in [1.165, 1.54) is 21.8 Å². The van der Waals surface area contributed by atoms with Gasteiger partial charge < -0.3 is 5.73 Å². The molecule has 0 spiro atoms. The number of rotatable bonds is 4. The van der Waals surface area contributed by atoms with E-state index in [1.54, 1.807) is 14.0 Å². The van der Waals surface area contributed by atoms with Crippen LogP contribution < -0.4 is 5.73 Å². The van der Waals surface area contributed by atoms with Gasteiger partial charge in [-0.1, -0.05) is 11.8 Å². The lowest BCUT2D eigenvalue weighted by Gasteiger charge is -2.15. The third-order valence-corrected chi connectivity index (χ3v) is 5.68. The molecule has 0 atom stereocenters. The van der Waals surface area contributed by atoms with Crippen molar-refractivity contribution in [3.63, 3.8) is 0 Å². The highest BCUT2D eigenvalue weighted by Crippen LogP contribution is 2.21. The van der Waals surface area contributed by atoms with Crippen molar-refractivity contribution in [2.75, 3.05) is 13.6 Å². The Morgan fingerprint density at radius 1 is 1.52 bits per heavy atom. The lowest BCUT2D eigenvalue weighted by atomic mass is 10.3. The number of hydrogen-bond acceptors (Lipinski definition) is 5. The van der Waals surface area contributed by atoms with Crippen molar-refractivity contribution in [3.05, 3.63) is 33.8 Å². The van der Waals surface area contributed by atoms with Crippen molar-refractivity contribution in [3.8, 4) is 11.8 Å². The van der Waals surface area contributed by atoms with Gasteiger partial charge in [-0.25, -0.2) is 8.42 Å². The Bertz CT molecular complexity index is 780. The molecule has 0 aliphatic rings. The molecule has 0 saturated heterocycles. The van der Waals surface area contributed by atoms with E-state index in [0.717, 1.165) is 10.4 Å². The fraction of sp³-hybridized carbons (Fsp3) is 0.308. The van der Waals surface area contributed by atoms with E-state index < -0.39 is 10.0 Å². The van der Waals surface area contributed by atoms with Crippen molar-refractivity contribution in [2.45, 2.75) is 18.4 Å². The van der Waals surface area contributed by atoms with Crippen molar-refractivity contribution < 1.29 is 8.42 Å². The zero-order valence-electron chi connectivity index (χ0n) is 11.8. The van der Waals surface area contributed by atoms with Crippen LogP contribution in [0.25, 0.3) is 0 Å². The molecule has 0 bridgehead atoms. The molecule has 0 aliphatic heterocycles. The minimum atomic E-state index is -3.54. The molecule has 2 aromatic rings. The number of aromatic nitrogens is 2. The Hall–Kier alpha value is -1.66. The Morgan fingerprint density at radius 2 is 2.29 bits per heavy atom. The van der Waals surface area contributed by atoms with Gasteiger partial charge in [-0.05, 0) is 13.0 Å². The maximum Gasteiger partial charge on any atom is 0.246 e. The summed E-state index contributed by atoms with van der Waals surface area (Å²) in [7, 11) is -1.99. The van der Waals surface area contributed by atoms with Crippen LogP contribution in [-0.2, 0) is 16.6 Å². The Labute approximate surface area is 128 Å². The molecule has 21 heavy (non-hydrogen) atoms. The maximum atomic E-state index is 12.4. The number of thiophene rings is 1. The normalized spacial score (nSPS) is 11.4. The number of aromatic amines is 1. The van der Waals surface area contributed by atoms with Crippen molar-refractivity contribution in [2.24, 2.45) is 5.73 Å². The van der Waals surface area contributed by atoms with E-state index >= 15 is 0 Å². The summed E-state index contributed by atoms with van der Waals surface area (Å²) in [5.41, 5.74) is 6.71. The second-order valence-electron chi connectivity index (χ2n) is 4.43. The maximum absolute atomic E-state index is 12.4. The van der Waals surface area contributed by atoms with Crippen LogP contribution in [0.4, 0.5) is 0 Å². The standard InChI is InChI=1S/C13H16N4O2S2/c1-10-13(7-15-16-10)21(18,19)17(2)8-12-6-11(9-20-12)4-3-5-14/h6-7,9H,5,8,14H2,1-2H3,(H,15,16). The van der Waals surface area contributed by atoms with Crippen molar-refractivity contribution >= 4 is 21.4 Å². The molecule has 0 radical (unpaired) electrons. The summed E-state index contributed by atoms with van der Waals surface area (Å²) in [6.07, 6.45) is 1.33. The second kappa shape index (κ2) is 6.41. The van der Waals surface area contributed by atoms with Gasteiger partial charge in [-0.2, -0.15) is 9.40 Å². The van der Waals surface area contributed by atoms with Gasteiger partial charge >= 0.3 is 0 Å². The number of nitrogens with zero attached hydrogens (tertiary/aromatic N) is 2. The number of hydrogen-bond donors (Lipinski definition) is 2. The zero-order chi connectivity index (χ0) is 15.5. The van der Waals surface area contributed by atoms with Crippen molar-refractivity contribution in [1.82, 2.24) is 14.5 Å². The van der Waals surface area contributed by atoms with Crippen LogP contribution in [0.3, 0.4) is 0 Å². The molecule has 0 fully saturated rings. The van der Waals surface area contributed by atoms with Gasteiger partial charge in [0.05, 0.1) is 18.4 Å². The minimum Gasteiger partial charge on any atom is -0.320 e. The lowest BCUT2D eigenvalue weighted by Crippen LogP contribution is -2.26. The second-order valence-corrected chi connectivity index (χ2v) is 7.44. The van der Waals surface area contributed by atoms with E-state index in [9.17, 15) is 8.42 Å². The third-order valence-electron chi connectivity index (χ3n) is 2.84. The summed E-state index contributed by atoms with van der Waals surface area (Å²) in [5, 5.41) is 8.28. The van der Waals surface area contributed by atoms with Crippen LogP contribution in [-0.4, -0.2) is 36.5 Å². The molecule has 0 amide bonds. The fourth-order valence-electron chi connectivity index (χ4n) is 1.75. The Morgan fingerprint density at radius 3 is 2.90 bits per heavy atom. The highest BCUT2D eigenvalue weighted by molar-refractivity contribution is 7.89. The first-order chi connectivity index (χ1) is 9.95. The van der Waals surface area contributed by atoms with Crippen LogP contribution >= 0.6 is 11.3 Å². The van der Waals surface area contributed by atoms with E-state index in [2.05, 4.69) is 22.0 Å². The molecule has 112 valence electrons. The molecule has 8 heteroatoms. The van der Waals surface area contributed by atoms with Gasteiger partial charge in [0.15, 0.2) is 0 Å². The van der Waals surface area contributed by atoms with Gasteiger partial charge in [-0.15, -0.1) is 11.3 Å². The van der Waals surface area contributed by atoms with Gasteiger partial charge in [0.1, 0.15) is 4.90 Å². The molecule has 0 saturated carbocycles. The van der Waals surface area contributed by atoms with Crippen LogP contribution in [0.2, 0.25) is 0 Å². The number of sulfonamides is 1. The smallest absolute Gasteiger partial charge is 0.246 e. The molecule has 3 N–H and O–H groups in total. The average Bonchev–Trinajstić information content (AvgIpc) is 3.05. The first-order valence-electron chi connectivity index (χ1n) is 6.18. The van der Waals surface area contributed by atoms with Gasteiger partial charge in [0.2, 0.25) is 10.0 Å². The number of nitrogens with one attached hydrogen (secondary N) is 1. The number of nitrogens with two attached hydrogens (primary N) is 1. The van der Waals surface area contributed by atoms with Crippen LogP contribution in [0.1, 0.15) is 16.1 Å². The molecular weight excluding hydrogens is 308 g/mol. The molecular formula is C13H16N4O2S2. The first kappa shape index (κ1) is 15.7. The van der Waals surface area contributed by atoms with Crippen LogP contribution in [0.5, 0.6) is 0 Å². The van der Waals surface area contributed by atoms with E-state index in [-0.39, 0.29) is 4.90 Å².